The van der Waals surface area contributed by atoms with Crippen molar-refractivity contribution in [2.24, 2.45) is 5.92 Å². The average molecular weight is 366 g/mol. The van der Waals surface area contributed by atoms with Crippen LogP contribution in [0.25, 0.3) is 0 Å². The fraction of sp³-hybridized carbons (Fsp3) is 0.500. The number of esters is 1. The summed E-state index contributed by atoms with van der Waals surface area (Å²) in [7, 11) is 0. The van der Waals surface area contributed by atoms with E-state index in [-0.39, 0.29) is 18.0 Å². The van der Waals surface area contributed by atoms with Gasteiger partial charge in [-0.25, -0.2) is 0 Å². The molecule has 1 atom stereocenters. The van der Waals surface area contributed by atoms with Crippen molar-refractivity contribution in [1.29, 1.82) is 0 Å². The van der Waals surface area contributed by atoms with E-state index in [2.05, 4.69) is 36.2 Å². The average Bonchev–Trinajstić information content (AvgIpc) is 2.73. The van der Waals surface area contributed by atoms with Crippen LogP contribution in [0.3, 0.4) is 0 Å². The molecule has 1 aliphatic rings. The Labute approximate surface area is 163 Å². The molecule has 1 aromatic heterocycles. The standard InChI is InChI=1S/C24H31NO2/c1-3-4-5-19-6-8-21(9-7-19)22-10-12-23(13-11-22)24(26)27-18(2)20-14-16-25-17-15-20/h6-9,14-18,22-23H,3-5,10-13H2,1-2H3. The fourth-order valence-electron chi connectivity index (χ4n) is 3.97. The summed E-state index contributed by atoms with van der Waals surface area (Å²) in [6.45, 7) is 4.16. The van der Waals surface area contributed by atoms with E-state index in [1.165, 1.54) is 30.4 Å². The molecule has 3 nitrogen and oxygen atoms in total. The molecule has 27 heavy (non-hydrogen) atoms. The highest BCUT2D eigenvalue weighted by Gasteiger charge is 2.29. The molecule has 1 unspecified atom stereocenters. The van der Waals surface area contributed by atoms with Gasteiger partial charge in [-0.15, -0.1) is 0 Å². The second-order valence-corrected chi connectivity index (χ2v) is 7.75. The number of hydrogen-bond donors (Lipinski definition) is 0. The molecule has 1 aromatic carbocycles. The van der Waals surface area contributed by atoms with E-state index in [9.17, 15) is 4.79 Å². The predicted octanol–water partition coefficient (Wildman–Crippen LogP) is 6.00. The van der Waals surface area contributed by atoms with E-state index < -0.39 is 0 Å². The molecule has 3 heteroatoms. The van der Waals surface area contributed by atoms with E-state index in [1.54, 1.807) is 12.4 Å². The number of carbonyl (C=O) groups is 1. The molecule has 1 fully saturated rings. The number of nitrogens with zero attached hydrogens (tertiary/aromatic N) is 1. The summed E-state index contributed by atoms with van der Waals surface area (Å²) >= 11 is 0. The molecule has 3 rings (SSSR count). The van der Waals surface area contributed by atoms with Crippen LogP contribution in [-0.2, 0) is 16.0 Å². The molecule has 0 bridgehead atoms. The maximum atomic E-state index is 12.5. The number of aromatic nitrogens is 1. The molecule has 0 radical (unpaired) electrons. The minimum atomic E-state index is -0.214. The lowest BCUT2D eigenvalue weighted by Gasteiger charge is -2.28. The Morgan fingerprint density at radius 2 is 1.74 bits per heavy atom. The molecule has 0 saturated heterocycles. The van der Waals surface area contributed by atoms with Gasteiger partial charge in [0.2, 0.25) is 0 Å². The smallest absolute Gasteiger partial charge is 0.309 e. The summed E-state index contributed by atoms with van der Waals surface area (Å²) in [4.78, 5) is 16.5. The number of ether oxygens (including phenoxy) is 1. The highest BCUT2D eigenvalue weighted by atomic mass is 16.5. The number of benzene rings is 1. The summed E-state index contributed by atoms with van der Waals surface area (Å²) in [5, 5.41) is 0. The zero-order valence-corrected chi connectivity index (χ0v) is 16.6. The molecule has 1 heterocycles. The summed E-state index contributed by atoms with van der Waals surface area (Å²) in [6.07, 6.45) is 10.9. The van der Waals surface area contributed by atoms with Gasteiger partial charge in [-0.2, -0.15) is 0 Å². The SMILES string of the molecule is CCCCc1ccc(C2CCC(C(=O)OC(C)c3ccncc3)CC2)cc1. The van der Waals surface area contributed by atoms with Crippen molar-refractivity contribution < 1.29 is 9.53 Å². The topological polar surface area (TPSA) is 39.2 Å². The Morgan fingerprint density at radius 3 is 2.37 bits per heavy atom. The molecule has 0 N–H and O–H groups in total. The zero-order chi connectivity index (χ0) is 19.1. The van der Waals surface area contributed by atoms with Crippen LogP contribution in [0.1, 0.15) is 81.1 Å². The van der Waals surface area contributed by atoms with Crippen LogP contribution in [-0.4, -0.2) is 11.0 Å². The van der Waals surface area contributed by atoms with Crippen molar-refractivity contribution >= 4 is 5.97 Å². The Kier molecular flexibility index (Phi) is 7.03. The Balaban J connectivity index is 1.48. The van der Waals surface area contributed by atoms with Gasteiger partial charge in [0.1, 0.15) is 6.10 Å². The van der Waals surface area contributed by atoms with Gasteiger partial charge in [0.15, 0.2) is 0 Å². The number of unbranched alkanes of at least 4 members (excludes halogenated alkanes) is 1. The second kappa shape index (κ2) is 9.68. The van der Waals surface area contributed by atoms with Gasteiger partial charge in [0.05, 0.1) is 5.92 Å². The minimum absolute atomic E-state index is 0.0364. The molecule has 144 valence electrons. The van der Waals surface area contributed by atoms with Crippen LogP contribution in [0.4, 0.5) is 0 Å². The fourth-order valence-corrected chi connectivity index (χ4v) is 3.97. The van der Waals surface area contributed by atoms with Crippen LogP contribution in [0.15, 0.2) is 48.8 Å². The van der Waals surface area contributed by atoms with E-state index in [0.29, 0.717) is 5.92 Å². The van der Waals surface area contributed by atoms with Crippen molar-refractivity contribution in [2.45, 2.75) is 70.8 Å². The van der Waals surface area contributed by atoms with E-state index in [0.717, 1.165) is 31.2 Å². The highest BCUT2D eigenvalue weighted by molar-refractivity contribution is 5.72. The maximum absolute atomic E-state index is 12.5. The van der Waals surface area contributed by atoms with E-state index in [1.807, 2.05) is 19.1 Å². The lowest BCUT2D eigenvalue weighted by molar-refractivity contribution is -0.154. The summed E-state index contributed by atoms with van der Waals surface area (Å²) < 4.78 is 5.70. The van der Waals surface area contributed by atoms with Crippen molar-refractivity contribution in [3.05, 3.63) is 65.5 Å². The predicted molar refractivity (Wildman–Crippen MR) is 108 cm³/mol. The monoisotopic (exact) mass is 365 g/mol. The lowest BCUT2D eigenvalue weighted by atomic mass is 9.78. The molecule has 0 aliphatic heterocycles. The third kappa shape index (κ3) is 5.41. The minimum Gasteiger partial charge on any atom is -0.458 e. The molecular weight excluding hydrogens is 334 g/mol. The number of aryl methyl sites for hydroxylation is 1. The summed E-state index contributed by atoms with van der Waals surface area (Å²) in [5.74, 6) is 0.564. The van der Waals surface area contributed by atoms with Gasteiger partial charge in [-0.1, -0.05) is 37.6 Å². The Hall–Kier alpha value is -2.16. The number of carbonyl (C=O) groups excluding carboxylic acids is 1. The van der Waals surface area contributed by atoms with Crippen LogP contribution in [0.2, 0.25) is 0 Å². The van der Waals surface area contributed by atoms with Gasteiger partial charge in [0.25, 0.3) is 0 Å². The second-order valence-electron chi connectivity index (χ2n) is 7.75. The molecule has 1 aliphatic carbocycles. The first-order valence-electron chi connectivity index (χ1n) is 10.4. The third-order valence-corrected chi connectivity index (χ3v) is 5.80. The van der Waals surface area contributed by atoms with Gasteiger partial charge >= 0.3 is 5.97 Å². The number of hydrogen-bond acceptors (Lipinski definition) is 3. The van der Waals surface area contributed by atoms with Crippen LogP contribution in [0, 0.1) is 5.92 Å². The van der Waals surface area contributed by atoms with E-state index in [4.69, 9.17) is 4.74 Å². The highest BCUT2D eigenvalue weighted by Crippen LogP contribution is 2.37. The first-order chi connectivity index (χ1) is 13.2. The zero-order valence-electron chi connectivity index (χ0n) is 16.6. The first kappa shape index (κ1) is 19.6. The Morgan fingerprint density at radius 1 is 1.07 bits per heavy atom. The molecular formula is C24H31NO2. The molecule has 1 saturated carbocycles. The van der Waals surface area contributed by atoms with Crippen LogP contribution < -0.4 is 0 Å². The van der Waals surface area contributed by atoms with Gasteiger partial charge in [0, 0.05) is 12.4 Å². The maximum Gasteiger partial charge on any atom is 0.309 e. The van der Waals surface area contributed by atoms with Gasteiger partial charge in [-0.3, -0.25) is 9.78 Å². The quantitative estimate of drug-likeness (QED) is 0.565. The molecule has 0 spiro atoms. The van der Waals surface area contributed by atoms with Gasteiger partial charge < -0.3 is 4.74 Å². The largest absolute Gasteiger partial charge is 0.458 e. The lowest BCUT2D eigenvalue weighted by Crippen LogP contribution is -2.24. The van der Waals surface area contributed by atoms with Crippen molar-refractivity contribution in [2.75, 3.05) is 0 Å². The van der Waals surface area contributed by atoms with Crippen LogP contribution in [0.5, 0.6) is 0 Å². The molecule has 0 amide bonds. The van der Waals surface area contributed by atoms with Crippen molar-refractivity contribution in [3.63, 3.8) is 0 Å². The Bertz CT molecular complexity index is 703. The summed E-state index contributed by atoms with van der Waals surface area (Å²) in [6, 6.07) is 12.9. The molecule has 2 aromatic rings. The third-order valence-electron chi connectivity index (χ3n) is 5.80. The normalized spacial score (nSPS) is 20.8. The number of rotatable bonds is 7. The van der Waals surface area contributed by atoms with Crippen molar-refractivity contribution in [1.82, 2.24) is 4.98 Å². The van der Waals surface area contributed by atoms with E-state index >= 15 is 0 Å². The van der Waals surface area contributed by atoms with Crippen molar-refractivity contribution in [3.8, 4) is 0 Å². The first-order valence-corrected chi connectivity index (χ1v) is 10.4. The van der Waals surface area contributed by atoms with Gasteiger partial charge in [-0.05, 0) is 80.2 Å². The number of pyridine rings is 1. The summed E-state index contributed by atoms with van der Waals surface area (Å²) in [5.41, 5.74) is 3.85. The van der Waals surface area contributed by atoms with Crippen LogP contribution >= 0.6 is 0 Å².